The number of nitrogens with one attached hydrogen (secondary N) is 2. The molecule has 0 bridgehead atoms. The smallest absolute Gasteiger partial charge is 0.191 e. The Morgan fingerprint density at radius 2 is 1.80 bits per heavy atom. The summed E-state index contributed by atoms with van der Waals surface area (Å²) < 4.78 is 11.3. The van der Waals surface area contributed by atoms with Crippen LogP contribution in [0.1, 0.15) is 50.9 Å². The molecule has 2 rings (SSSR count). The van der Waals surface area contributed by atoms with Gasteiger partial charge < -0.3 is 20.1 Å². The summed E-state index contributed by atoms with van der Waals surface area (Å²) in [6.07, 6.45) is 0.860. The second-order valence-electron chi connectivity index (χ2n) is 7.63. The van der Waals surface area contributed by atoms with Crippen LogP contribution >= 0.6 is 35.3 Å². The van der Waals surface area contributed by atoms with Crippen molar-refractivity contribution in [3.05, 3.63) is 39.8 Å². The molecule has 1 aromatic carbocycles. The Bertz CT molecular complexity index is 803. The fraction of sp³-hybridized carbons (Fsp3) is 0.545. The predicted octanol–water partition coefficient (Wildman–Crippen LogP) is 4.76. The molecule has 0 fully saturated rings. The number of thiazole rings is 1. The van der Waals surface area contributed by atoms with Gasteiger partial charge in [-0.25, -0.2) is 4.98 Å². The van der Waals surface area contributed by atoms with Crippen LogP contribution in [-0.4, -0.2) is 37.7 Å². The van der Waals surface area contributed by atoms with Crippen molar-refractivity contribution in [2.75, 3.05) is 26.8 Å². The molecule has 0 amide bonds. The fourth-order valence-corrected chi connectivity index (χ4v) is 3.65. The molecular weight excluding hydrogens is 511 g/mol. The van der Waals surface area contributed by atoms with E-state index in [1.165, 1.54) is 5.56 Å². The number of nitrogens with zero attached hydrogens (tertiary/aromatic N) is 2. The molecule has 1 heterocycles. The highest BCUT2D eigenvalue weighted by Gasteiger charge is 2.17. The van der Waals surface area contributed by atoms with Crippen LogP contribution in [0.4, 0.5) is 0 Å². The summed E-state index contributed by atoms with van der Waals surface area (Å²) >= 11 is 1.68. The van der Waals surface area contributed by atoms with E-state index in [1.54, 1.807) is 18.4 Å². The zero-order valence-corrected chi connectivity index (χ0v) is 22.0. The van der Waals surface area contributed by atoms with Crippen molar-refractivity contribution in [1.82, 2.24) is 15.6 Å². The van der Waals surface area contributed by atoms with Crippen LogP contribution in [-0.2, 0) is 18.4 Å². The standard InChI is InChI=1S/C22H34N4O2S.HI/c1-7-27-17-10-9-16(13-18(17)28-8-2)11-12-24-21(23-6)25-14-20-26-19(15-29-20)22(3,4)5;/h9-10,13,15H,7-8,11-12,14H2,1-6H3,(H2,23,24,25);1H. The molecule has 0 radical (unpaired) electrons. The number of hydrogen-bond donors (Lipinski definition) is 2. The average molecular weight is 547 g/mol. The van der Waals surface area contributed by atoms with Gasteiger partial charge in [0.2, 0.25) is 0 Å². The predicted molar refractivity (Wildman–Crippen MR) is 137 cm³/mol. The Balaban J connectivity index is 0.00000450. The number of aromatic nitrogens is 1. The molecule has 2 N–H and O–H groups in total. The monoisotopic (exact) mass is 546 g/mol. The number of halogens is 1. The molecule has 2 aromatic rings. The zero-order chi connectivity index (χ0) is 21.3. The molecule has 30 heavy (non-hydrogen) atoms. The van der Waals surface area contributed by atoms with Gasteiger partial charge in [0.15, 0.2) is 17.5 Å². The third-order valence-electron chi connectivity index (χ3n) is 4.26. The maximum atomic E-state index is 5.70. The Morgan fingerprint density at radius 3 is 2.40 bits per heavy atom. The highest BCUT2D eigenvalue weighted by Crippen LogP contribution is 2.28. The molecule has 0 spiro atoms. The van der Waals surface area contributed by atoms with Gasteiger partial charge in [0, 0.05) is 24.4 Å². The van der Waals surface area contributed by atoms with E-state index >= 15 is 0 Å². The van der Waals surface area contributed by atoms with Crippen LogP contribution < -0.4 is 20.1 Å². The van der Waals surface area contributed by atoms with Gasteiger partial charge in [-0.1, -0.05) is 26.8 Å². The first-order valence-corrected chi connectivity index (χ1v) is 11.0. The minimum Gasteiger partial charge on any atom is -0.490 e. The van der Waals surface area contributed by atoms with Crippen molar-refractivity contribution in [1.29, 1.82) is 0 Å². The van der Waals surface area contributed by atoms with Gasteiger partial charge in [0.05, 0.1) is 25.5 Å². The molecule has 6 nitrogen and oxygen atoms in total. The number of guanidine groups is 1. The van der Waals surface area contributed by atoms with Crippen LogP contribution in [0.15, 0.2) is 28.6 Å². The van der Waals surface area contributed by atoms with E-state index in [0.29, 0.717) is 19.8 Å². The maximum absolute atomic E-state index is 5.70. The van der Waals surface area contributed by atoms with Gasteiger partial charge in [0.1, 0.15) is 5.01 Å². The summed E-state index contributed by atoms with van der Waals surface area (Å²) in [5.41, 5.74) is 2.39. The Labute approximate surface area is 201 Å². The first-order valence-electron chi connectivity index (χ1n) is 10.1. The average Bonchev–Trinajstić information content (AvgIpc) is 3.16. The summed E-state index contributed by atoms with van der Waals surface area (Å²) in [5.74, 6) is 2.36. The molecule has 0 aliphatic carbocycles. The van der Waals surface area contributed by atoms with E-state index in [2.05, 4.69) is 53.9 Å². The van der Waals surface area contributed by atoms with Crippen molar-refractivity contribution in [2.24, 2.45) is 4.99 Å². The number of benzene rings is 1. The topological polar surface area (TPSA) is 67.8 Å². The first-order chi connectivity index (χ1) is 13.9. The summed E-state index contributed by atoms with van der Waals surface area (Å²) in [6, 6.07) is 6.11. The Morgan fingerprint density at radius 1 is 1.10 bits per heavy atom. The highest BCUT2D eigenvalue weighted by atomic mass is 127. The molecule has 0 aliphatic rings. The van der Waals surface area contributed by atoms with Gasteiger partial charge in [-0.05, 0) is 38.0 Å². The van der Waals surface area contributed by atoms with Crippen LogP contribution in [0.3, 0.4) is 0 Å². The summed E-state index contributed by atoms with van der Waals surface area (Å²) in [7, 11) is 1.78. The number of hydrogen-bond acceptors (Lipinski definition) is 5. The summed E-state index contributed by atoms with van der Waals surface area (Å²) in [5, 5.41) is 9.89. The number of ether oxygens (including phenoxy) is 2. The molecule has 0 saturated carbocycles. The molecule has 168 valence electrons. The lowest BCUT2D eigenvalue weighted by atomic mass is 9.93. The van der Waals surface area contributed by atoms with Crippen LogP contribution in [0.5, 0.6) is 11.5 Å². The molecule has 0 aliphatic heterocycles. The Kier molecular flexibility index (Phi) is 11.5. The van der Waals surface area contributed by atoms with Crippen LogP contribution in [0.25, 0.3) is 0 Å². The quantitative estimate of drug-likeness (QED) is 0.270. The van der Waals surface area contributed by atoms with Gasteiger partial charge in [-0.3, -0.25) is 4.99 Å². The summed E-state index contributed by atoms with van der Waals surface area (Å²) in [6.45, 7) is 13.2. The SMILES string of the molecule is CCOc1ccc(CCNC(=NC)NCc2nc(C(C)(C)C)cs2)cc1OCC.I. The molecule has 0 saturated heterocycles. The van der Waals surface area contributed by atoms with Crippen molar-refractivity contribution in [2.45, 2.75) is 53.0 Å². The molecule has 8 heteroatoms. The van der Waals surface area contributed by atoms with Gasteiger partial charge in [-0.15, -0.1) is 35.3 Å². The fourth-order valence-electron chi connectivity index (χ4n) is 2.69. The minimum atomic E-state index is 0. The third-order valence-corrected chi connectivity index (χ3v) is 5.11. The highest BCUT2D eigenvalue weighted by molar-refractivity contribution is 14.0. The van der Waals surface area contributed by atoms with Gasteiger partial charge in [0.25, 0.3) is 0 Å². The molecular formula is C22H35IN4O2S. The van der Waals surface area contributed by atoms with Crippen molar-refractivity contribution < 1.29 is 9.47 Å². The maximum Gasteiger partial charge on any atom is 0.191 e. The van der Waals surface area contributed by atoms with E-state index in [1.807, 2.05) is 19.9 Å². The van der Waals surface area contributed by atoms with E-state index in [-0.39, 0.29) is 29.4 Å². The summed E-state index contributed by atoms with van der Waals surface area (Å²) in [4.78, 5) is 9.02. The van der Waals surface area contributed by atoms with Crippen molar-refractivity contribution in [3.8, 4) is 11.5 Å². The van der Waals surface area contributed by atoms with Gasteiger partial charge in [-0.2, -0.15) is 0 Å². The third kappa shape index (κ3) is 8.29. The second kappa shape index (κ2) is 13.0. The lowest BCUT2D eigenvalue weighted by molar-refractivity contribution is 0.287. The lowest BCUT2D eigenvalue weighted by Crippen LogP contribution is -2.37. The largest absolute Gasteiger partial charge is 0.490 e. The van der Waals surface area contributed by atoms with Crippen molar-refractivity contribution in [3.63, 3.8) is 0 Å². The van der Waals surface area contributed by atoms with Gasteiger partial charge >= 0.3 is 0 Å². The van der Waals surface area contributed by atoms with Crippen LogP contribution in [0.2, 0.25) is 0 Å². The van der Waals surface area contributed by atoms with E-state index in [0.717, 1.165) is 41.1 Å². The van der Waals surface area contributed by atoms with Crippen LogP contribution in [0, 0.1) is 0 Å². The number of rotatable bonds is 9. The van der Waals surface area contributed by atoms with E-state index < -0.39 is 0 Å². The normalized spacial score (nSPS) is 11.6. The molecule has 1 aromatic heterocycles. The number of aliphatic imine (C=N–C) groups is 1. The van der Waals surface area contributed by atoms with E-state index in [9.17, 15) is 0 Å². The molecule has 0 atom stereocenters. The molecule has 0 unspecified atom stereocenters. The Hall–Kier alpha value is -1.55. The second-order valence-corrected chi connectivity index (χ2v) is 8.57. The zero-order valence-electron chi connectivity index (χ0n) is 18.9. The van der Waals surface area contributed by atoms with E-state index in [4.69, 9.17) is 14.5 Å². The lowest BCUT2D eigenvalue weighted by Gasteiger charge is -2.14. The first kappa shape index (κ1) is 26.5. The van der Waals surface area contributed by atoms with Crippen molar-refractivity contribution >= 4 is 41.3 Å². The minimum absolute atomic E-state index is 0.